The second-order valence-electron chi connectivity index (χ2n) is 4.76. The Balaban J connectivity index is 1.71. The normalized spacial score (nSPS) is 14.1. The predicted molar refractivity (Wildman–Crippen MR) is 75.0 cm³/mol. The molecule has 1 aliphatic rings. The standard InChI is InChI=1S/C15H17N3O2/c1-19-13-4-2-3-5-14(13)20-15-10-16-8-12(18-15)9-17-11-6-7-11/h2-5,8,10-11,17H,6-7,9H2,1H3. The summed E-state index contributed by atoms with van der Waals surface area (Å²) in [4.78, 5) is 8.61. The maximum Gasteiger partial charge on any atom is 0.238 e. The smallest absolute Gasteiger partial charge is 0.238 e. The Morgan fingerprint density at radius 1 is 1.20 bits per heavy atom. The summed E-state index contributed by atoms with van der Waals surface area (Å²) in [6.45, 7) is 0.723. The number of ether oxygens (including phenoxy) is 2. The van der Waals surface area contributed by atoms with Crippen LogP contribution in [0.1, 0.15) is 18.5 Å². The van der Waals surface area contributed by atoms with Gasteiger partial charge in [-0.1, -0.05) is 12.1 Å². The molecule has 1 heterocycles. The van der Waals surface area contributed by atoms with Crippen LogP contribution in [-0.4, -0.2) is 23.1 Å². The Hall–Kier alpha value is -2.14. The van der Waals surface area contributed by atoms with Crippen LogP contribution in [0.25, 0.3) is 0 Å². The molecular weight excluding hydrogens is 254 g/mol. The Morgan fingerprint density at radius 2 is 2.00 bits per heavy atom. The molecule has 104 valence electrons. The molecule has 1 aromatic carbocycles. The number of hydrogen-bond acceptors (Lipinski definition) is 5. The minimum atomic E-state index is 0.476. The SMILES string of the molecule is COc1ccccc1Oc1cncc(CNC2CC2)n1. The monoisotopic (exact) mass is 271 g/mol. The van der Waals surface area contributed by atoms with Crippen molar-refractivity contribution < 1.29 is 9.47 Å². The van der Waals surface area contributed by atoms with E-state index >= 15 is 0 Å². The zero-order valence-electron chi connectivity index (χ0n) is 11.4. The predicted octanol–water partition coefficient (Wildman–Crippen LogP) is 2.53. The van der Waals surface area contributed by atoms with Crippen LogP contribution in [0.3, 0.4) is 0 Å². The fourth-order valence-corrected chi connectivity index (χ4v) is 1.87. The first-order chi connectivity index (χ1) is 9.85. The topological polar surface area (TPSA) is 56.3 Å². The van der Waals surface area contributed by atoms with Gasteiger partial charge in [0.2, 0.25) is 5.88 Å². The van der Waals surface area contributed by atoms with E-state index in [9.17, 15) is 0 Å². The summed E-state index contributed by atoms with van der Waals surface area (Å²) in [5, 5.41) is 3.40. The average Bonchev–Trinajstić information content (AvgIpc) is 3.30. The average molecular weight is 271 g/mol. The molecule has 0 saturated heterocycles. The van der Waals surface area contributed by atoms with Gasteiger partial charge in [-0.2, -0.15) is 0 Å². The molecule has 3 rings (SSSR count). The largest absolute Gasteiger partial charge is 0.493 e. The Labute approximate surface area is 118 Å². The number of nitrogens with one attached hydrogen (secondary N) is 1. The van der Waals surface area contributed by atoms with Crippen LogP contribution in [0.4, 0.5) is 0 Å². The zero-order valence-corrected chi connectivity index (χ0v) is 11.4. The third-order valence-corrected chi connectivity index (χ3v) is 3.10. The molecule has 2 aromatic rings. The molecule has 0 unspecified atom stereocenters. The first-order valence-corrected chi connectivity index (χ1v) is 6.70. The van der Waals surface area contributed by atoms with Gasteiger partial charge in [-0.15, -0.1) is 0 Å². The van der Waals surface area contributed by atoms with E-state index in [-0.39, 0.29) is 0 Å². The van der Waals surface area contributed by atoms with Crippen molar-refractivity contribution in [1.82, 2.24) is 15.3 Å². The van der Waals surface area contributed by atoms with Gasteiger partial charge in [0.15, 0.2) is 11.5 Å². The molecule has 1 aliphatic carbocycles. The molecule has 0 radical (unpaired) electrons. The number of rotatable bonds is 6. The van der Waals surface area contributed by atoms with Crippen LogP contribution in [-0.2, 0) is 6.54 Å². The van der Waals surface area contributed by atoms with Crippen molar-refractivity contribution in [2.75, 3.05) is 7.11 Å². The summed E-state index contributed by atoms with van der Waals surface area (Å²) < 4.78 is 11.0. The van der Waals surface area contributed by atoms with Crippen molar-refractivity contribution in [3.05, 3.63) is 42.4 Å². The van der Waals surface area contributed by atoms with Crippen molar-refractivity contribution in [2.24, 2.45) is 0 Å². The van der Waals surface area contributed by atoms with Gasteiger partial charge in [0.25, 0.3) is 0 Å². The third kappa shape index (κ3) is 3.24. The van der Waals surface area contributed by atoms with E-state index in [2.05, 4.69) is 15.3 Å². The molecule has 5 heteroatoms. The summed E-state index contributed by atoms with van der Waals surface area (Å²) in [5.74, 6) is 1.79. The lowest BCUT2D eigenvalue weighted by atomic mass is 10.3. The summed E-state index contributed by atoms with van der Waals surface area (Å²) in [6, 6.07) is 8.13. The first-order valence-electron chi connectivity index (χ1n) is 6.70. The van der Waals surface area contributed by atoms with Crippen LogP contribution >= 0.6 is 0 Å². The second kappa shape index (κ2) is 5.88. The van der Waals surface area contributed by atoms with Gasteiger partial charge in [0.05, 0.1) is 19.0 Å². The lowest BCUT2D eigenvalue weighted by molar-refractivity contribution is 0.373. The van der Waals surface area contributed by atoms with Gasteiger partial charge in [-0.05, 0) is 25.0 Å². The van der Waals surface area contributed by atoms with E-state index in [0.717, 1.165) is 12.2 Å². The quantitative estimate of drug-likeness (QED) is 0.875. The molecule has 1 saturated carbocycles. The van der Waals surface area contributed by atoms with Gasteiger partial charge in [-0.25, -0.2) is 4.98 Å². The highest BCUT2D eigenvalue weighted by Gasteiger charge is 2.20. The molecule has 20 heavy (non-hydrogen) atoms. The molecule has 0 atom stereocenters. The van der Waals surface area contributed by atoms with Crippen molar-refractivity contribution >= 4 is 0 Å². The van der Waals surface area contributed by atoms with Gasteiger partial charge in [0, 0.05) is 18.8 Å². The lowest BCUT2D eigenvalue weighted by Crippen LogP contribution is -2.16. The number of aromatic nitrogens is 2. The summed E-state index contributed by atoms with van der Waals surface area (Å²) in [7, 11) is 1.61. The van der Waals surface area contributed by atoms with Gasteiger partial charge < -0.3 is 14.8 Å². The van der Waals surface area contributed by atoms with Gasteiger partial charge in [0.1, 0.15) is 0 Å². The van der Waals surface area contributed by atoms with Crippen molar-refractivity contribution in [3.63, 3.8) is 0 Å². The molecule has 0 amide bonds. The highest BCUT2D eigenvalue weighted by Crippen LogP contribution is 2.29. The van der Waals surface area contributed by atoms with Crippen molar-refractivity contribution in [3.8, 4) is 17.4 Å². The fourth-order valence-electron chi connectivity index (χ4n) is 1.87. The maximum absolute atomic E-state index is 5.74. The minimum absolute atomic E-state index is 0.476. The van der Waals surface area contributed by atoms with E-state index in [4.69, 9.17) is 9.47 Å². The Kier molecular flexibility index (Phi) is 3.78. The van der Waals surface area contributed by atoms with E-state index in [1.165, 1.54) is 12.8 Å². The summed E-state index contributed by atoms with van der Waals surface area (Å²) >= 11 is 0. The first kappa shape index (κ1) is 12.9. The maximum atomic E-state index is 5.74. The fraction of sp³-hybridized carbons (Fsp3) is 0.333. The minimum Gasteiger partial charge on any atom is -0.493 e. The number of para-hydroxylation sites is 2. The number of hydrogen-bond donors (Lipinski definition) is 1. The van der Waals surface area contributed by atoms with Crippen molar-refractivity contribution in [2.45, 2.75) is 25.4 Å². The molecule has 1 fully saturated rings. The van der Waals surface area contributed by atoms with E-state index in [1.807, 2.05) is 24.3 Å². The van der Waals surface area contributed by atoms with Gasteiger partial charge >= 0.3 is 0 Å². The second-order valence-corrected chi connectivity index (χ2v) is 4.76. The number of benzene rings is 1. The molecule has 1 N–H and O–H groups in total. The van der Waals surface area contributed by atoms with E-state index < -0.39 is 0 Å². The summed E-state index contributed by atoms with van der Waals surface area (Å²) in [5.41, 5.74) is 0.879. The van der Waals surface area contributed by atoms with E-state index in [0.29, 0.717) is 23.4 Å². The zero-order chi connectivity index (χ0) is 13.8. The lowest BCUT2D eigenvalue weighted by Gasteiger charge is -2.09. The molecule has 0 spiro atoms. The van der Waals surface area contributed by atoms with E-state index in [1.54, 1.807) is 19.5 Å². The summed E-state index contributed by atoms with van der Waals surface area (Å²) in [6.07, 6.45) is 5.87. The molecule has 0 bridgehead atoms. The number of methoxy groups -OCH3 is 1. The van der Waals surface area contributed by atoms with Crippen LogP contribution < -0.4 is 14.8 Å². The van der Waals surface area contributed by atoms with Crippen LogP contribution in [0.5, 0.6) is 17.4 Å². The molecule has 0 aliphatic heterocycles. The molecule has 1 aromatic heterocycles. The molecular formula is C15H17N3O2. The van der Waals surface area contributed by atoms with Crippen molar-refractivity contribution in [1.29, 1.82) is 0 Å². The Morgan fingerprint density at radius 3 is 2.75 bits per heavy atom. The highest BCUT2D eigenvalue weighted by molar-refractivity contribution is 5.41. The highest BCUT2D eigenvalue weighted by atomic mass is 16.5. The van der Waals surface area contributed by atoms with Crippen LogP contribution in [0.2, 0.25) is 0 Å². The van der Waals surface area contributed by atoms with Crippen LogP contribution in [0, 0.1) is 0 Å². The Bertz CT molecular complexity index is 585. The molecule has 5 nitrogen and oxygen atoms in total. The van der Waals surface area contributed by atoms with Crippen LogP contribution in [0.15, 0.2) is 36.7 Å². The van der Waals surface area contributed by atoms with Gasteiger partial charge in [-0.3, -0.25) is 4.98 Å². The third-order valence-electron chi connectivity index (χ3n) is 3.10. The number of nitrogens with zero attached hydrogens (tertiary/aromatic N) is 2.